The van der Waals surface area contributed by atoms with Crippen molar-refractivity contribution in [3.63, 3.8) is 0 Å². The molecule has 0 radical (unpaired) electrons. The summed E-state index contributed by atoms with van der Waals surface area (Å²) in [5.74, 6) is -0.0323. The summed E-state index contributed by atoms with van der Waals surface area (Å²) in [5.41, 5.74) is 5.38. The van der Waals surface area contributed by atoms with Crippen LogP contribution >= 0.6 is 0 Å². The second-order valence-electron chi connectivity index (χ2n) is 3.81. The minimum absolute atomic E-state index is 0.0194. The van der Waals surface area contributed by atoms with Crippen LogP contribution < -0.4 is 10.5 Å². The lowest BCUT2D eigenvalue weighted by molar-refractivity contribution is -0.129. The maximum atomic E-state index is 11.9. The van der Waals surface area contributed by atoms with E-state index < -0.39 is 10.0 Å². The molecule has 0 spiro atoms. The Hall–Kier alpha value is -1.67. The first kappa shape index (κ1) is 15.4. The van der Waals surface area contributed by atoms with Gasteiger partial charge in [-0.1, -0.05) is 0 Å². The van der Waals surface area contributed by atoms with Crippen molar-refractivity contribution in [3.8, 4) is 0 Å². The minimum atomic E-state index is -3.74. The number of pyridine rings is 1. The topological polar surface area (TPSA) is 105 Å². The van der Waals surface area contributed by atoms with Gasteiger partial charge in [-0.2, -0.15) is 0 Å². The third-order valence-corrected chi connectivity index (χ3v) is 3.99. The van der Waals surface area contributed by atoms with E-state index in [4.69, 9.17) is 5.73 Å². The Bertz CT molecular complexity index is 523. The molecule has 0 aromatic carbocycles. The fourth-order valence-electron chi connectivity index (χ4n) is 1.48. The lowest BCUT2D eigenvalue weighted by Crippen LogP contribution is -2.39. The van der Waals surface area contributed by atoms with Gasteiger partial charge >= 0.3 is 0 Å². The second-order valence-corrected chi connectivity index (χ2v) is 5.58. The molecule has 1 aromatic heterocycles. The lowest BCUT2D eigenvalue weighted by Gasteiger charge is -2.18. The van der Waals surface area contributed by atoms with Crippen molar-refractivity contribution in [2.75, 3.05) is 25.4 Å². The molecule has 1 rings (SSSR count). The number of hydrogen-bond donors (Lipinski definition) is 2. The fourth-order valence-corrected chi connectivity index (χ4v) is 2.40. The Labute approximate surface area is 112 Å². The number of carbonyl (C=O) groups excluding carboxylic acids is 1. The summed E-state index contributed by atoms with van der Waals surface area (Å²) >= 11 is 0. The molecule has 0 unspecified atom stereocenters. The van der Waals surface area contributed by atoms with Gasteiger partial charge in [0, 0.05) is 19.3 Å². The van der Waals surface area contributed by atoms with E-state index in [2.05, 4.69) is 9.71 Å². The second kappa shape index (κ2) is 6.48. The van der Waals surface area contributed by atoms with Gasteiger partial charge < -0.3 is 10.6 Å². The number of rotatable bonds is 6. The Morgan fingerprint density at radius 1 is 1.37 bits per heavy atom. The summed E-state index contributed by atoms with van der Waals surface area (Å²) in [7, 11) is -3.74. The molecule has 0 saturated heterocycles. The number of amides is 1. The molecule has 1 heterocycles. The molecule has 19 heavy (non-hydrogen) atoms. The maximum absolute atomic E-state index is 11.9. The zero-order valence-corrected chi connectivity index (χ0v) is 11.8. The highest BCUT2D eigenvalue weighted by Crippen LogP contribution is 2.08. The number of nitrogens with one attached hydrogen (secondary N) is 1. The van der Waals surface area contributed by atoms with E-state index in [1.165, 1.54) is 12.1 Å². The first-order valence-electron chi connectivity index (χ1n) is 5.89. The van der Waals surface area contributed by atoms with Crippen LogP contribution in [0, 0.1) is 0 Å². The quantitative estimate of drug-likeness (QED) is 0.754. The van der Waals surface area contributed by atoms with E-state index in [1.807, 2.05) is 13.8 Å². The normalized spacial score (nSPS) is 11.3. The maximum Gasteiger partial charge on any atom is 0.242 e. The highest BCUT2D eigenvalue weighted by molar-refractivity contribution is 7.89. The van der Waals surface area contributed by atoms with Crippen LogP contribution in [0.3, 0.4) is 0 Å². The summed E-state index contributed by atoms with van der Waals surface area (Å²) in [5, 5.41) is 0. The number of carbonyl (C=O) groups is 1. The van der Waals surface area contributed by atoms with Gasteiger partial charge in [-0.25, -0.2) is 18.1 Å². The lowest BCUT2D eigenvalue weighted by atomic mass is 10.4. The van der Waals surface area contributed by atoms with Gasteiger partial charge in [0.05, 0.1) is 6.54 Å². The fraction of sp³-hybridized carbons (Fsp3) is 0.455. The molecule has 0 bridgehead atoms. The molecular weight excluding hydrogens is 268 g/mol. The van der Waals surface area contributed by atoms with Crippen molar-refractivity contribution in [3.05, 3.63) is 18.3 Å². The zero-order valence-electron chi connectivity index (χ0n) is 11.0. The van der Waals surface area contributed by atoms with Gasteiger partial charge in [-0.3, -0.25) is 4.79 Å². The summed E-state index contributed by atoms with van der Waals surface area (Å²) in [6.45, 7) is 4.48. The number of nitrogens with two attached hydrogens (primary N) is 1. The van der Waals surface area contributed by atoms with Crippen molar-refractivity contribution in [1.29, 1.82) is 0 Å². The summed E-state index contributed by atoms with van der Waals surface area (Å²) in [6.07, 6.45) is 1.15. The minimum Gasteiger partial charge on any atom is -0.384 e. The molecule has 3 N–H and O–H groups in total. The Morgan fingerprint density at radius 2 is 2.00 bits per heavy atom. The van der Waals surface area contributed by atoms with E-state index in [0.29, 0.717) is 13.1 Å². The zero-order chi connectivity index (χ0) is 14.5. The average Bonchev–Trinajstić information content (AvgIpc) is 2.38. The molecule has 1 amide bonds. The first-order valence-corrected chi connectivity index (χ1v) is 7.38. The largest absolute Gasteiger partial charge is 0.384 e. The van der Waals surface area contributed by atoms with E-state index in [1.54, 1.807) is 4.90 Å². The Balaban J connectivity index is 2.71. The summed E-state index contributed by atoms with van der Waals surface area (Å²) < 4.78 is 26.0. The molecule has 106 valence electrons. The number of sulfonamides is 1. The van der Waals surface area contributed by atoms with Crippen LogP contribution in [0.1, 0.15) is 13.8 Å². The highest BCUT2D eigenvalue weighted by Gasteiger charge is 2.17. The SMILES string of the molecule is CCN(CC)C(=O)CNS(=O)(=O)c1ccc(N)nc1. The van der Waals surface area contributed by atoms with Crippen LogP contribution in [0.5, 0.6) is 0 Å². The molecule has 0 aliphatic carbocycles. The number of aromatic nitrogens is 1. The number of likely N-dealkylation sites (N-methyl/N-ethyl adjacent to an activating group) is 1. The van der Waals surface area contributed by atoms with E-state index in [9.17, 15) is 13.2 Å². The third kappa shape index (κ3) is 4.18. The van der Waals surface area contributed by atoms with Crippen LogP contribution in [0.4, 0.5) is 5.82 Å². The molecule has 0 aliphatic rings. The molecule has 0 atom stereocenters. The van der Waals surface area contributed by atoms with Crippen molar-refractivity contribution in [2.45, 2.75) is 18.7 Å². The van der Waals surface area contributed by atoms with Crippen molar-refractivity contribution in [1.82, 2.24) is 14.6 Å². The van der Waals surface area contributed by atoms with Gasteiger partial charge in [-0.15, -0.1) is 0 Å². The molecule has 0 saturated carbocycles. The van der Waals surface area contributed by atoms with E-state index in [-0.39, 0.29) is 23.2 Å². The van der Waals surface area contributed by atoms with Crippen LogP contribution in [-0.2, 0) is 14.8 Å². The van der Waals surface area contributed by atoms with Crippen LogP contribution in [0.2, 0.25) is 0 Å². The Kier molecular flexibility index (Phi) is 5.25. The van der Waals surface area contributed by atoms with Crippen molar-refractivity contribution in [2.24, 2.45) is 0 Å². The molecule has 1 aromatic rings. The monoisotopic (exact) mass is 286 g/mol. The molecule has 0 aliphatic heterocycles. The van der Waals surface area contributed by atoms with Gasteiger partial charge in [0.15, 0.2) is 0 Å². The summed E-state index contributed by atoms with van der Waals surface area (Å²) in [6, 6.07) is 2.73. The molecule has 0 fully saturated rings. The molecule has 7 nitrogen and oxygen atoms in total. The van der Waals surface area contributed by atoms with Crippen molar-refractivity contribution < 1.29 is 13.2 Å². The number of hydrogen-bond acceptors (Lipinski definition) is 5. The molecular formula is C11H18N4O3S. The number of nitrogen functional groups attached to an aromatic ring is 1. The van der Waals surface area contributed by atoms with Gasteiger partial charge in [0.1, 0.15) is 10.7 Å². The van der Waals surface area contributed by atoms with E-state index in [0.717, 1.165) is 6.20 Å². The van der Waals surface area contributed by atoms with Crippen LogP contribution in [0.15, 0.2) is 23.2 Å². The van der Waals surface area contributed by atoms with Gasteiger partial charge in [0.25, 0.3) is 0 Å². The van der Waals surface area contributed by atoms with Crippen LogP contribution in [-0.4, -0.2) is 43.8 Å². The Morgan fingerprint density at radius 3 is 2.47 bits per heavy atom. The smallest absolute Gasteiger partial charge is 0.242 e. The third-order valence-electron chi connectivity index (χ3n) is 2.60. The standard InChI is InChI=1S/C11H18N4O3S/c1-3-15(4-2)11(16)8-14-19(17,18)9-5-6-10(12)13-7-9/h5-7,14H,3-4,8H2,1-2H3,(H2,12,13). The highest BCUT2D eigenvalue weighted by atomic mass is 32.2. The molecule has 8 heteroatoms. The average molecular weight is 286 g/mol. The van der Waals surface area contributed by atoms with Crippen LogP contribution in [0.25, 0.3) is 0 Å². The number of nitrogens with zero attached hydrogens (tertiary/aromatic N) is 2. The van der Waals surface area contributed by atoms with E-state index >= 15 is 0 Å². The van der Waals surface area contributed by atoms with Crippen molar-refractivity contribution >= 4 is 21.7 Å². The van der Waals surface area contributed by atoms with Gasteiger partial charge in [0.2, 0.25) is 15.9 Å². The summed E-state index contributed by atoms with van der Waals surface area (Å²) in [4.78, 5) is 16.9. The number of anilines is 1. The predicted octanol–water partition coefficient (Wildman–Crippen LogP) is -0.189. The van der Waals surface area contributed by atoms with Gasteiger partial charge in [-0.05, 0) is 26.0 Å². The first-order chi connectivity index (χ1) is 8.90. The predicted molar refractivity (Wildman–Crippen MR) is 71.8 cm³/mol.